The van der Waals surface area contributed by atoms with Gasteiger partial charge in [-0.25, -0.2) is 0 Å². The Morgan fingerprint density at radius 2 is 2.23 bits per heavy atom. The Morgan fingerprint density at radius 1 is 1.46 bits per heavy atom. The molecule has 1 aromatic rings. The zero-order chi connectivity index (χ0) is 9.68. The smallest absolute Gasteiger partial charge is 0.0512 e. The summed E-state index contributed by atoms with van der Waals surface area (Å²) in [4.78, 5) is 4.12. The third-order valence-corrected chi connectivity index (χ3v) is 2.26. The Labute approximate surface area is 86.0 Å². The Morgan fingerprint density at radius 3 is 2.85 bits per heavy atom. The molecule has 0 amide bonds. The van der Waals surface area contributed by atoms with E-state index in [-0.39, 0.29) is 0 Å². The number of benzene rings is 1. The van der Waals surface area contributed by atoms with Gasteiger partial charge in [-0.1, -0.05) is 22.0 Å². The van der Waals surface area contributed by atoms with E-state index in [9.17, 15) is 0 Å². The molecule has 0 spiro atoms. The second-order valence-electron chi connectivity index (χ2n) is 2.57. The molecule has 4 N–H and O–H groups in total. The number of nitrogen functional groups attached to an aromatic ring is 1. The molecular formula is C9H12BrN3. The summed E-state index contributed by atoms with van der Waals surface area (Å²) in [6.07, 6.45) is 1.74. The van der Waals surface area contributed by atoms with Crippen molar-refractivity contribution in [2.24, 2.45) is 10.7 Å². The van der Waals surface area contributed by atoms with Crippen molar-refractivity contribution in [3.05, 3.63) is 28.2 Å². The van der Waals surface area contributed by atoms with Crippen LogP contribution in [0.3, 0.4) is 0 Å². The fourth-order valence-electron chi connectivity index (χ4n) is 0.920. The molecule has 0 radical (unpaired) electrons. The van der Waals surface area contributed by atoms with Crippen LogP contribution in [0, 0.1) is 0 Å². The van der Waals surface area contributed by atoms with Crippen molar-refractivity contribution in [1.29, 1.82) is 0 Å². The predicted octanol–water partition coefficient (Wildman–Crippen LogP) is 1.41. The van der Waals surface area contributed by atoms with Crippen LogP contribution in [0.15, 0.2) is 27.7 Å². The van der Waals surface area contributed by atoms with Crippen molar-refractivity contribution >= 4 is 27.8 Å². The second-order valence-corrected chi connectivity index (χ2v) is 3.42. The van der Waals surface area contributed by atoms with Gasteiger partial charge in [0.15, 0.2) is 0 Å². The van der Waals surface area contributed by atoms with Crippen LogP contribution >= 0.6 is 15.9 Å². The van der Waals surface area contributed by atoms with E-state index >= 15 is 0 Å². The summed E-state index contributed by atoms with van der Waals surface area (Å²) in [7, 11) is 0. The molecule has 0 aliphatic heterocycles. The zero-order valence-electron chi connectivity index (χ0n) is 7.20. The van der Waals surface area contributed by atoms with Crippen LogP contribution in [0.25, 0.3) is 0 Å². The number of hydrogen-bond donors (Lipinski definition) is 2. The summed E-state index contributed by atoms with van der Waals surface area (Å²) in [5, 5.41) is 0. The number of halogens is 1. The average Bonchev–Trinajstić information content (AvgIpc) is 2.10. The fourth-order valence-corrected chi connectivity index (χ4v) is 1.40. The standard InChI is InChI=1S/C9H12BrN3/c10-8-2-1-3-9(12)7(8)6-13-5-4-11/h1-3,6H,4-5,11-12H2. The molecule has 13 heavy (non-hydrogen) atoms. The lowest BCUT2D eigenvalue weighted by atomic mass is 10.2. The molecule has 0 aliphatic carbocycles. The van der Waals surface area contributed by atoms with E-state index in [2.05, 4.69) is 20.9 Å². The van der Waals surface area contributed by atoms with E-state index in [1.165, 1.54) is 0 Å². The van der Waals surface area contributed by atoms with E-state index in [0.29, 0.717) is 13.1 Å². The molecule has 0 saturated heterocycles. The van der Waals surface area contributed by atoms with Gasteiger partial charge < -0.3 is 11.5 Å². The molecule has 0 saturated carbocycles. The lowest BCUT2D eigenvalue weighted by molar-refractivity contribution is 0.980. The highest BCUT2D eigenvalue weighted by Gasteiger charge is 1.99. The summed E-state index contributed by atoms with van der Waals surface area (Å²) in [6, 6.07) is 5.66. The maximum atomic E-state index is 5.75. The van der Waals surface area contributed by atoms with Gasteiger partial charge in [-0.15, -0.1) is 0 Å². The van der Waals surface area contributed by atoms with Crippen LogP contribution in [0.5, 0.6) is 0 Å². The topological polar surface area (TPSA) is 64.4 Å². The zero-order valence-corrected chi connectivity index (χ0v) is 8.79. The molecule has 1 aromatic carbocycles. The van der Waals surface area contributed by atoms with Gasteiger partial charge in [0, 0.05) is 28.5 Å². The van der Waals surface area contributed by atoms with E-state index < -0.39 is 0 Å². The number of anilines is 1. The maximum absolute atomic E-state index is 5.75. The lowest BCUT2D eigenvalue weighted by Crippen LogP contribution is -2.03. The molecule has 3 nitrogen and oxygen atoms in total. The highest BCUT2D eigenvalue weighted by molar-refractivity contribution is 9.10. The van der Waals surface area contributed by atoms with Crippen LogP contribution in [-0.4, -0.2) is 19.3 Å². The Kier molecular flexibility index (Phi) is 3.92. The minimum atomic E-state index is 0.556. The molecule has 0 bridgehead atoms. The van der Waals surface area contributed by atoms with E-state index in [4.69, 9.17) is 11.5 Å². The number of aliphatic imine (C=N–C) groups is 1. The van der Waals surface area contributed by atoms with Crippen LogP contribution in [0.1, 0.15) is 5.56 Å². The van der Waals surface area contributed by atoms with Gasteiger partial charge in [-0.05, 0) is 12.1 Å². The third-order valence-electron chi connectivity index (χ3n) is 1.57. The van der Waals surface area contributed by atoms with Crippen LogP contribution in [-0.2, 0) is 0 Å². The molecular weight excluding hydrogens is 230 g/mol. The van der Waals surface area contributed by atoms with Gasteiger partial charge >= 0.3 is 0 Å². The summed E-state index contributed by atoms with van der Waals surface area (Å²) in [6.45, 7) is 1.18. The Bertz CT molecular complexity index is 289. The number of hydrogen-bond acceptors (Lipinski definition) is 3. The largest absolute Gasteiger partial charge is 0.398 e. The van der Waals surface area contributed by atoms with Crippen molar-refractivity contribution < 1.29 is 0 Å². The lowest BCUT2D eigenvalue weighted by Gasteiger charge is -2.01. The molecule has 0 aliphatic rings. The van der Waals surface area contributed by atoms with E-state index in [0.717, 1.165) is 15.7 Å². The van der Waals surface area contributed by atoms with Gasteiger partial charge in [-0.3, -0.25) is 4.99 Å². The Hall–Kier alpha value is -0.870. The van der Waals surface area contributed by atoms with E-state index in [1.807, 2.05) is 18.2 Å². The molecule has 0 fully saturated rings. The summed E-state index contributed by atoms with van der Waals surface area (Å²) in [5.41, 5.74) is 12.7. The predicted molar refractivity (Wildman–Crippen MR) is 60.1 cm³/mol. The van der Waals surface area contributed by atoms with Crippen molar-refractivity contribution in [2.45, 2.75) is 0 Å². The van der Waals surface area contributed by atoms with Gasteiger partial charge in [0.05, 0.1) is 6.54 Å². The van der Waals surface area contributed by atoms with Crippen molar-refractivity contribution in [2.75, 3.05) is 18.8 Å². The molecule has 0 heterocycles. The highest BCUT2D eigenvalue weighted by Crippen LogP contribution is 2.20. The normalized spacial score (nSPS) is 10.9. The second kappa shape index (κ2) is 4.99. The monoisotopic (exact) mass is 241 g/mol. The summed E-state index contributed by atoms with van der Waals surface area (Å²) < 4.78 is 0.952. The van der Waals surface area contributed by atoms with Gasteiger partial charge in [0.25, 0.3) is 0 Å². The molecule has 4 heteroatoms. The molecule has 1 rings (SSSR count). The molecule has 0 unspecified atom stereocenters. The minimum Gasteiger partial charge on any atom is -0.398 e. The van der Waals surface area contributed by atoms with Gasteiger partial charge in [0.2, 0.25) is 0 Å². The van der Waals surface area contributed by atoms with Crippen LogP contribution in [0.2, 0.25) is 0 Å². The molecule has 0 atom stereocenters. The quantitative estimate of drug-likeness (QED) is 0.621. The maximum Gasteiger partial charge on any atom is 0.0512 e. The summed E-state index contributed by atoms with van der Waals surface area (Å²) in [5.74, 6) is 0. The first-order valence-electron chi connectivity index (χ1n) is 3.99. The average molecular weight is 242 g/mol. The SMILES string of the molecule is NCCN=Cc1c(N)cccc1Br. The highest BCUT2D eigenvalue weighted by atomic mass is 79.9. The first kappa shape index (κ1) is 10.2. The van der Waals surface area contributed by atoms with Crippen LogP contribution in [0.4, 0.5) is 5.69 Å². The first-order chi connectivity index (χ1) is 6.25. The van der Waals surface area contributed by atoms with Gasteiger partial charge in [0.1, 0.15) is 0 Å². The third kappa shape index (κ3) is 2.82. The van der Waals surface area contributed by atoms with E-state index in [1.54, 1.807) is 6.21 Å². The fraction of sp³-hybridized carbons (Fsp3) is 0.222. The molecule has 0 aromatic heterocycles. The minimum absolute atomic E-state index is 0.556. The number of nitrogens with two attached hydrogens (primary N) is 2. The van der Waals surface area contributed by atoms with Crippen molar-refractivity contribution in [3.8, 4) is 0 Å². The summed E-state index contributed by atoms with van der Waals surface area (Å²) >= 11 is 3.40. The number of nitrogens with zero attached hydrogens (tertiary/aromatic N) is 1. The number of rotatable bonds is 3. The van der Waals surface area contributed by atoms with Crippen molar-refractivity contribution in [1.82, 2.24) is 0 Å². The first-order valence-corrected chi connectivity index (χ1v) is 4.79. The molecule has 70 valence electrons. The van der Waals surface area contributed by atoms with Crippen molar-refractivity contribution in [3.63, 3.8) is 0 Å². The Balaban J connectivity index is 2.87. The van der Waals surface area contributed by atoms with Gasteiger partial charge in [-0.2, -0.15) is 0 Å². The van der Waals surface area contributed by atoms with Crippen LogP contribution < -0.4 is 11.5 Å².